The quantitative estimate of drug-likeness (QED) is 0.591. The fraction of sp³-hybridized carbons (Fsp3) is 0.727. The summed E-state index contributed by atoms with van der Waals surface area (Å²) < 4.78 is 0. The molecule has 0 fully saturated rings. The molecule has 0 bridgehead atoms. The zero-order valence-electron chi connectivity index (χ0n) is 10.2. The SMILES string of the molecule is CCCCc1nc(Cl)c(C(O)C(O)CNC)[nH]1. The van der Waals surface area contributed by atoms with Crippen molar-refractivity contribution in [2.75, 3.05) is 13.6 Å². The van der Waals surface area contributed by atoms with Gasteiger partial charge in [-0.05, 0) is 13.5 Å². The lowest BCUT2D eigenvalue weighted by Crippen LogP contribution is -2.29. The molecule has 6 heteroatoms. The molecule has 0 aliphatic carbocycles. The maximum absolute atomic E-state index is 9.89. The number of nitrogens with zero attached hydrogens (tertiary/aromatic N) is 1. The van der Waals surface area contributed by atoms with E-state index in [1.165, 1.54) is 0 Å². The summed E-state index contributed by atoms with van der Waals surface area (Å²) in [6.45, 7) is 2.39. The van der Waals surface area contributed by atoms with Gasteiger partial charge in [-0.3, -0.25) is 0 Å². The fourth-order valence-corrected chi connectivity index (χ4v) is 1.85. The van der Waals surface area contributed by atoms with Gasteiger partial charge in [-0.1, -0.05) is 24.9 Å². The number of H-pyrrole nitrogens is 1. The van der Waals surface area contributed by atoms with Crippen LogP contribution in [0.3, 0.4) is 0 Å². The zero-order chi connectivity index (χ0) is 12.8. The number of hydrogen-bond acceptors (Lipinski definition) is 4. The number of unbranched alkanes of at least 4 members (excludes halogenated alkanes) is 1. The first-order valence-electron chi connectivity index (χ1n) is 5.85. The van der Waals surface area contributed by atoms with Crippen molar-refractivity contribution >= 4 is 11.6 Å². The van der Waals surface area contributed by atoms with Crippen molar-refractivity contribution in [3.05, 3.63) is 16.7 Å². The van der Waals surface area contributed by atoms with Gasteiger partial charge in [0.25, 0.3) is 0 Å². The molecule has 0 saturated heterocycles. The first-order chi connectivity index (χ1) is 8.10. The number of aromatic nitrogens is 2. The van der Waals surface area contributed by atoms with E-state index in [9.17, 15) is 10.2 Å². The second-order valence-corrected chi connectivity index (χ2v) is 4.42. The highest BCUT2D eigenvalue weighted by Crippen LogP contribution is 2.23. The Bertz CT molecular complexity index is 343. The number of aliphatic hydroxyl groups excluding tert-OH is 2. The molecular weight excluding hydrogens is 242 g/mol. The first-order valence-corrected chi connectivity index (χ1v) is 6.23. The van der Waals surface area contributed by atoms with Crippen LogP contribution in [0.2, 0.25) is 5.15 Å². The summed E-state index contributed by atoms with van der Waals surface area (Å²) in [4.78, 5) is 7.10. The van der Waals surface area contributed by atoms with Gasteiger partial charge in [0.15, 0.2) is 5.15 Å². The van der Waals surface area contributed by atoms with Crippen molar-refractivity contribution in [3.8, 4) is 0 Å². The van der Waals surface area contributed by atoms with Crippen LogP contribution in [0.15, 0.2) is 0 Å². The minimum Gasteiger partial charge on any atom is -0.389 e. The molecule has 98 valence electrons. The van der Waals surface area contributed by atoms with Crippen LogP contribution >= 0.6 is 11.6 Å². The molecule has 4 N–H and O–H groups in total. The van der Waals surface area contributed by atoms with Crippen LogP contribution in [0.4, 0.5) is 0 Å². The molecular formula is C11H20ClN3O2. The number of hydrogen-bond donors (Lipinski definition) is 4. The van der Waals surface area contributed by atoms with Gasteiger partial charge >= 0.3 is 0 Å². The standard InChI is InChI=1S/C11H20ClN3O2/c1-3-4-5-8-14-9(11(12)15-8)10(17)7(16)6-13-2/h7,10,13,16-17H,3-6H2,1-2H3,(H,14,15). The molecule has 1 aromatic heterocycles. The fourth-order valence-electron chi connectivity index (χ4n) is 1.59. The second kappa shape index (κ2) is 6.96. The van der Waals surface area contributed by atoms with E-state index in [2.05, 4.69) is 22.2 Å². The van der Waals surface area contributed by atoms with Gasteiger partial charge < -0.3 is 20.5 Å². The summed E-state index contributed by atoms with van der Waals surface area (Å²) in [7, 11) is 1.71. The summed E-state index contributed by atoms with van der Waals surface area (Å²) >= 11 is 5.93. The smallest absolute Gasteiger partial charge is 0.153 e. The normalized spacial score (nSPS) is 14.9. The Morgan fingerprint density at radius 3 is 2.76 bits per heavy atom. The maximum Gasteiger partial charge on any atom is 0.153 e. The predicted octanol–water partition coefficient (Wildman–Crippen LogP) is 1.02. The Labute approximate surface area is 106 Å². The number of imidazole rings is 1. The predicted molar refractivity (Wildman–Crippen MR) is 67.1 cm³/mol. The largest absolute Gasteiger partial charge is 0.389 e. The lowest BCUT2D eigenvalue weighted by Gasteiger charge is -2.16. The van der Waals surface area contributed by atoms with E-state index in [0.29, 0.717) is 12.2 Å². The Kier molecular flexibility index (Phi) is 5.91. The Morgan fingerprint density at radius 1 is 1.47 bits per heavy atom. The van der Waals surface area contributed by atoms with Gasteiger partial charge in [0.1, 0.15) is 11.9 Å². The van der Waals surface area contributed by atoms with Gasteiger partial charge in [0.2, 0.25) is 0 Å². The lowest BCUT2D eigenvalue weighted by atomic mass is 10.1. The summed E-state index contributed by atoms with van der Waals surface area (Å²) in [5, 5.41) is 22.6. The molecule has 0 aliphatic rings. The van der Waals surface area contributed by atoms with E-state index in [0.717, 1.165) is 25.1 Å². The van der Waals surface area contributed by atoms with E-state index in [1.807, 2.05) is 0 Å². The first kappa shape index (κ1) is 14.4. The molecule has 0 radical (unpaired) electrons. The summed E-state index contributed by atoms with van der Waals surface area (Å²) in [5.41, 5.74) is 0.389. The molecule has 17 heavy (non-hydrogen) atoms. The van der Waals surface area contributed by atoms with Crippen molar-refractivity contribution < 1.29 is 10.2 Å². The molecule has 0 saturated carbocycles. The third-order valence-corrected chi connectivity index (χ3v) is 2.86. The molecule has 1 rings (SSSR count). The monoisotopic (exact) mass is 261 g/mol. The summed E-state index contributed by atoms with van der Waals surface area (Å²) in [6.07, 6.45) is 0.928. The van der Waals surface area contributed by atoms with Crippen LogP contribution in [-0.4, -0.2) is 39.9 Å². The van der Waals surface area contributed by atoms with E-state index in [1.54, 1.807) is 7.05 Å². The van der Waals surface area contributed by atoms with Crippen molar-refractivity contribution in [2.45, 2.75) is 38.4 Å². The topological polar surface area (TPSA) is 81.2 Å². The van der Waals surface area contributed by atoms with E-state index in [-0.39, 0.29) is 5.15 Å². The van der Waals surface area contributed by atoms with Gasteiger partial charge in [0.05, 0.1) is 11.8 Å². The van der Waals surface area contributed by atoms with Crippen molar-refractivity contribution in [2.24, 2.45) is 0 Å². The molecule has 0 spiro atoms. The highest BCUT2D eigenvalue weighted by atomic mass is 35.5. The Morgan fingerprint density at radius 2 is 2.18 bits per heavy atom. The number of halogens is 1. The second-order valence-electron chi connectivity index (χ2n) is 4.06. The molecule has 1 heterocycles. The molecule has 0 amide bonds. The number of aliphatic hydroxyl groups is 2. The number of likely N-dealkylation sites (N-methyl/N-ethyl adjacent to an activating group) is 1. The van der Waals surface area contributed by atoms with Gasteiger partial charge in [-0.15, -0.1) is 0 Å². The molecule has 2 unspecified atom stereocenters. The van der Waals surface area contributed by atoms with E-state index >= 15 is 0 Å². The van der Waals surface area contributed by atoms with Crippen molar-refractivity contribution in [1.29, 1.82) is 0 Å². The van der Waals surface area contributed by atoms with Crippen LogP contribution in [0.5, 0.6) is 0 Å². The molecule has 1 aromatic rings. The van der Waals surface area contributed by atoms with E-state index < -0.39 is 12.2 Å². The number of aryl methyl sites for hydroxylation is 1. The molecule has 0 aromatic carbocycles. The minimum atomic E-state index is -1.04. The zero-order valence-corrected chi connectivity index (χ0v) is 11.0. The van der Waals surface area contributed by atoms with Crippen LogP contribution in [0.1, 0.15) is 37.4 Å². The van der Waals surface area contributed by atoms with Crippen molar-refractivity contribution in [3.63, 3.8) is 0 Å². The third kappa shape index (κ3) is 3.96. The van der Waals surface area contributed by atoms with Gasteiger partial charge in [-0.2, -0.15) is 0 Å². The Hall–Kier alpha value is -0.620. The van der Waals surface area contributed by atoms with Crippen molar-refractivity contribution in [1.82, 2.24) is 15.3 Å². The summed E-state index contributed by atoms with van der Waals surface area (Å²) in [5.74, 6) is 0.752. The third-order valence-electron chi connectivity index (χ3n) is 2.57. The molecule has 0 aliphatic heterocycles. The van der Waals surface area contributed by atoms with Crippen LogP contribution in [0, 0.1) is 0 Å². The maximum atomic E-state index is 9.89. The number of rotatable bonds is 7. The van der Waals surface area contributed by atoms with E-state index in [4.69, 9.17) is 11.6 Å². The van der Waals surface area contributed by atoms with Crippen LogP contribution in [0.25, 0.3) is 0 Å². The number of nitrogens with one attached hydrogen (secondary N) is 2. The highest BCUT2D eigenvalue weighted by Gasteiger charge is 2.23. The van der Waals surface area contributed by atoms with Crippen LogP contribution in [-0.2, 0) is 6.42 Å². The van der Waals surface area contributed by atoms with Gasteiger partial charge in [0, 0.05) is 13.0 Å². The Balaban J connectivity index is 2.72. The van der Waals surface area contributed by atoms with Crippen LogP contribution < -0.4 is 5.32 Å². The lowest BCUT2D eigenvalue weighted by molar-refractivity contribution is 0.0179. The highest BCUT2D eigenvalue weighted by molar-refractivity contribution is 6.30. The molecule has 5 nitrogen and oxygen atoms in total. The van der Waals surface area contributed by atoms with Gasteiger partial charge in [-0.25, -0.2) is 4.98 Å². The number of aromatic amines is 1. The minimum absolute atomic E-state index is 0.235. The molecule has 2 atom stereocenters. The average molecular weight is 262 g/mol. The summed E-state index contributed by atoms with van der Waals surface area (Å²) in [6, 6.07) is 0. The average Bonchev–Trinajstić information content (AvgIpc) is 2.67.